The summed E-state index contributed by atoms with van der Waals surface area (Å²) in [6, 6.07) is 11.8. The van der Waals surface area contributed by atoms with Gasteiger partial charge in [0.2, 0.25) is 0 Å². The Morgan fingerprint density at radius 3 is 2.70 bits per heavy atom. The van der Waals surface area contributed by atoms with E-state index in [-0.39, 0.29) is 0 Å². The average Bonchev–Trinajstić information content (AvgIpc) is 2.99. The Morgan fingerprint density at radius 1 is 1.20 bits per heavy atom. The molecule has 0 bridgehead atoms. The lowest BCUT2D eigenvalue weighted by Crippen LogP contribution is -2.18. The van der Waals surface area contributed by atoms with Crippen LogP contribution >= 0.6 is 0 Å². The van der Waals surface area contributed by atoms with Crippen molar-refractivity contribution in [3.8, 4) is 5.69 Å². The maximum atomic E-state index is 10.3. The lowest BCUT2D eigenvalue weighted by Gasteiger charge is -2.23. The molecule has 1 N–H and O–H groups in total. The molecule has 0 amide bonds. The van der Waals surface area contributed by atoms with Crippen LogP contribution in [0.5, 0.6) is 0 Å². The van der Waals surface area contributed by atoms with Gasteiger partial charge >= 0.3 is 0 Å². The Kier molecular flexibility index (Phi) is 4.14. The highest BCUT2D eigenvalue weighted by molar-refractivity contribution is 5.30. The van der Waals surface area contributed by atoms with E-state index in [1.807, 2.05) is 47.3 Å². The molecule has 0 spiro atoms. The van der Waals surface area contributed by atoms with Crippen molar-refractivity contribution < 1.29 is 9.84 Å². The van der Waals surface area contributed by atoms with E-state index in [9.17, 15) is 5.11 Å². The molecular formula is C16H20N2O2. The van der Waals surface area contributed by atoms with E-state index in [2.05, 4.69) is 5.10 Å². The quantitative estimate of drug-likeness (QED) is 0.931. The summed E-state index contributed by atoms with van der Waals surface area (Å²) in [5, 5.41) is 14.8. The van der Waals surface area contributed by atoms with Crippen LogP contribution in [-0.2, 0) is 4.74 Å². The molecule has 20 heavy (non-hydrogen) atoms. The fraction of sp³-hybridized carbons (Fsp3) is 0.438. The first-order chi connectivity index (χ1) is 9.83. The normalized spacial score (nSPS) is 18.1. The summed E-state index contributed by atoms with van der Waals surface area (Å²) >= 11 is 0. The van der Waals surface area contributed by atoms with Crippen LogP contribution in [0.1, 0.15) is 31.1 Å². The highest BCUT2D eigenvalue weighted by Gasteiger charge is 2.20. The maximum absolute atomic E-state index is 10.3. The molecule has 1 atom stereocenters. The smallest absolute Gasteiger partial charge is 0.0981 e. The van der Waals surface area contributed by atoms with Crippen molar-refractivity contribution >= 4 is 0 Å². The summed E-state index contributed by atoms with van der Waals surface area (Å²) in [6.07, 6.45) is 4.27. The molecule has 0 radical (unpaired) electrons. The molecule has 106 valence electrons. The Labute approximate surface area is 119 Å². The van der Waals surface area contributed by atoms with Crippen LogP contribution in [-0.4, -0.2) is 28.1 Å². The Bertz CT molecular complexity index is 532. The zero-order valence-corrected chi connectivity index (χ0v) is 11.5. The molecule has 1 saturated heterocycles. The second-order valence-corrected chi connectivity index (χ2v) is 5.33. The van der Waals surface area contributed by atoms with Crippen molar-refractivity contribution in [2.24, 2.45) is 5.92 Å². The fourth-order valence-electron chi connectivity index (χ4n) is 2.66. The number of nitrogens with zero attached hydrogens (tertiary/aromatic N) is 2. The number of hydrogen-bond donors (Lipinski definition) is 1. The van der Waals surface area contributed by atoms with Crippen LogP contribution in [0.4, 0.5) is 0 Å². The van der Waals surface area contributed by atoms with Gasteiger partial charge in [-0.15, -0.1) is 0 Å². The van der Waals surface area contributed by atoms with Gasteiger partial charge in [-0.2, -0.15) is 5.10 Å². The zero-order chi connectivity index (χ0) is 13.8. The topological polar surface area (TPSA) is 47.3 Å². The largest absolute Gasteiger partial charge is 0.387 e. The van der Waals surface area contributed by atoms with E-state index in [0.29, 0.717) is 5.92 Å². The van der Waals surface area contributed by atoms with Crippen molar-refractivity contribution in [1.82, 2.24) is 9.78 Å². The average molecular weight is 272 g/mol. The van der Waals surface area contributed by atoms with Crippen LogP contribution in [0, 0.1) is 5.92 Å². The Hall–Kier alpha value is -1.65. The van der Waals surface area contributed by atoms with Crippen molar-refractivity contribution in [3.05, 3.63) is 48.3 Å². The highest BCUT2D eigenvalue weighted by Crippen LogP contribution is 2.26. The first-order valence-corrected chi connectivity index (χ1v) is 7.20. The van der Waals surface area contributed by atoms with Gasteiger partial charge in [0.1, 0.15) is 0 Å². The fourth-order valence-corrected chi connectivity index (χ4v) is 2.66. The van der Waals surface area contributed by atoms with E-state index in [1.54, 1.807) is 0 Å². The van der Waals surface area contributed by atoms with Crippen molar-refractivity contribution in [1.29, 1.82) is 0 Å². The first-order valence-electron chi connectivity index (χ1n) is 7.20. The van der Waals surface area contributed by atoms with Gasteiger partial charge in [0.15, 0.2) is 0 Å². The molecule has 3 rings (SSSR count). The molecule has 1 fully saturated rings. The molecule has 1 aliphatic rings. The van der Waals surface area contributed by atoms with Crippen LogP contribution < -0.4 is 0 Å². The third-order valence-electron chi connectivity index (χ3n) is 3.87. The molecule has 1 aromatic heterocycles. The Morgan fingerprint density at radius 2 is 1.95 bits per heavy atom. The third-order valence-corrected chi connectivity index (χ3v) is 3.87. The summed E-state index contributed by atoms with van der Waals surface area (Å²) in [5.41, 5.74) is 1.76. The van der Waals surface area contributed by atoms with Gasteiger partial charge in [0.25, 0.3) is 0 Å². The molecule has 1 unspecified atom stereocenters. The molecule has 1 aliphatic heterocycles. The number of aromatic nitrogens is 2. The summed E-state index contributed by atoms with van der Waals surface area (Å²) in [4.78, 5) is 0. The second kappa shape index (κ2) is 6.20. The molecule has 0 saturated carbocycles. The maximum Gasteiger partial charge on any atom is 0.0981 e. The molecule has 0 aliphatic carbocycles. The standard InChI is InChI=1S/C16H20N2O2/c19-16(12-13-7-10-20-11-8-13)15-6-9-18(17-15)14-4-2-1-3-5-14/h1-6,9,13,16,19H,7-8,10-12H2. The lowest BCUT2D eigenvalue weighted by atomic mass is 9.93. The molecule has 2 heterocycles. The van der Waals surface area contributed by atoms with Gasteiger partial charge in [-0.05, 0) is 43.4 Å². The summed E-state index contributed by atoms with van der Waals surface area (Å²) in [7, 11) is 0. The molecule has 4 nitrogen and oxygen atoms in total. The number of aliphatic hydroxyl groups is 1. The van der Waals surface area contributed by atoms with Crippen LogP contribution in [0.25, 0.3) is 5.69 Å². The van der Waals surface area contributed by atoms with E-state index < -0.39 is 6.10 Å². The third kappa shape index (κ3) is 3.08. The summed E-state index contributed by atoms with van der Waals surface area (Å²) < 4.78 is 7.16. The summed E-state index contributed by atoms with van der Waals surface area (Å²) in [5.74, 6) is 0.542. The SMILES string of the molecule is OC(CC1CCOCC1)c1ccn(-c2ccccc2)n1. The lowest BCUT2D eigenvalue weighted by molar-refractivity contribution is 0.0426. The number of para-hydroxylation sites is 1. The van der Waals surface area contributed by atoms with Crippen molar-refractivity contribution in [2.75, 3.05) is 13.2 Å². The molecule has 1 aromatic carbocycles. The van der Waals surface area contributed by atoms with Crippen molar-refractivity contribution in [3.63, 3.8) is 0 Å². The zero-order valence-electron chi connectivity index (χ0n) is 11.5. The molecule has 2 aromatic rings. The summed E-state index contributed by atoms with van der Waals surface area (Å²) in [6.45, 7) is 1.63. The minimum atomic E-state index is -0.483. The van der Waals surface area contributed by atoms with Crippen molar-refractivity contribution in [2.45, 2.75) is 25.4 Å². The Balaban J connectivity index is 1.66. The van der Waals surface area contributed by atoms with Gasteiger partial charge in [0.05, 0.1) is 17.5 Å². The predicted octanol–water partition coefficient (Wildman–Crippen LogP) is 2.72. The van der Waals surface area contributed by atoms with Crippen LogP contribution in [0.3, 0.4) is 0 Å². The van der Waals surface area contributed by atoms with E-state index >= 15 is 0 Å². The van der Waals surface area contributed by atoms with Crippen LogP contribution in [0.2, 0.25) is 0 Å². The van der Waals surface area contributed by atoms with E-state index in [4.69, 9.17) is 4.74 Å². The van der Waals surface area contributed by atoms with Gasteiger partial charge in [-0.3, -0.25) is 0 Å². The molecular weight excluding hydrogens is 252 g/mol. The van der Waals surface area contributed by atoms with Gasteiger partial charge < -0.3 is 9.84 Å². The second-order valence-electron chi connectivity index (χ2n) is 5.33. The van der Waals surface area contributed by atoms with Gasteiger partial charge in [-0.25, -0.2) is 4.68 Å². The van der Waals surface area contributed by atoms with Crippen LogP contribution in [0.15, 0.2) is 42.6 Å². The monoisotopic (exact) mass is 272 g/mol. The minimum Gasteiger partial charge on any atom is -0.387 e. The number of hydrogen-bond acceptors (Lipinski definition) is 3. The van der Waals surface area contributed by atoms with E-state index in [0.717, 1.165) is 43.9 Å². The van der Waals surface area contributed by atoms with Gasteiger partial charge in [0, 0.05) is 19.4 Å². The molecule has 4 heteroatoms. The number of rotatable bonds is 4. The predicted molar refractivity (Wildman–Crippen MR) is 76.7 cm³/mol. The minimum absolute atomic E-state index is 0.483. The first kappa shape index (κ1) is 13.3. The number of aliphatic hydroxyl groups excluding tert-OH is 1. The van der Waals surface area contributed by atoms with Gasteiger partial charge in [-0.1, -0.05) is 18.2 Å². The van der Waals surface area contributed by atoms with E-state index in [1.165, 1.54) is 0 Å². The number of ether oxygens (including phenoxy) is 1. The number of benzene rings is 1. The highest BCUT2D eigenvalue weighted by atomic mass is 16.5.